The van der Waals surface area contributed by atoms with Crippen LogP contribution in [0.25, 0.3) is 0 Å². The zero-order valence-electron chi connectivity index (χ0n) is 5.94. The van der Waals surface area contributed by atoms with Crippen molar-refractivity contribution in [3.8, 4) is 0 Å². The molecular formula is C7H11FN2O. The monoisotopic (exact) mass is 158 g/mol. The van der Waals surface area contributed by atoms with Crippen molar-refractivity contribution in [2.45, 2.75) is 0 Å². The normalized spacial score (nSPS) is 6.55. The first-order chi connectivity index (χ1) is 4.73. The number of hydrogen-bond acceptors (Lipinski definition) is 1. The number of primary amides is 2. The molecule has 0 fully saturated rings. The average molecular weight is 158 g/mol. The van der Waals surface area contributed by atoms with E-state index >= 15 is 0 Å². The van der Waals surface area contributed by atoms with E-state index in [0.717, 1.165) is 0 Å². The van der Waals surface area contributed by atoms with E-state index in [4.69, 9.17) is 4.79 Å². The minimum absolute atomic E-state index is 0. The lowest BCUT2D eigenvalue weighted by molar-refractivity contribution is 0.256. The summed E-state index contributed by atoms with van der Waals surface area (Å²) in [5.41, 5.74) is 8.50. The van der Waals surface area contributed by atoms with Crippen molar-refractivity contribution in [2.75, 3.05) is 0 Å². The number of benzene rings is 1. The largest absolute Gasteiger partial charge is 0.352 e. The lowest BCUT2D eigenvalue weighted by Gasteiger charge is -1.69. The average Bonchev–Trinajstić information content (AvgIpc) is 1.90. The van der Waals surface area contributed by atoms with Crippen molar-refractivity contribution in [2.24, 2.45) is 11.5 Å². The fraction of sp³-hybridized carbons (Fsp3) is 0. The van der Waals surface area contributed by atoms with E-state index in [1.807, 2.05) is 36.4 Å². The Morgan fingerprint density at radius 2 is 0.909 bits per heavy atom. The van der Waals surface area contributed by atoms with Crippen LogP contribution in [-0.4, -0.2) is 6.03 Å². The lowest BCUT2D eigenvalue weighted by atomic mass is 10.4. The first-order valence-corrected chi connectivity index (χ1v) is 2.78. The molecule has 0 aliphatic heterocycles. The van der Waals surface area contributed by atoms with Crippen LogP contribution in [0.4, 0.5) is 9.50 Å². The highest BCUT2D eigenvalue weighted by Gasteiger charge is 1.60. The topological polar surface area (TPSA) is 69.1 Å². The number of carbonyl (C=O) groups is 1. The molecule has 2 amide bonds. The Hall–Kier alpha value is -1.58. The van der Waals surface area contributed by atoms with Crippen LogP contribution in [0.1, 0.15) is 0 Å². The van der Waals surface area contributed by atoms with Crippen LogP contribution in [0.3, 0.4) is 0 Å². The summed E-state index contributed by atoms with van der Waals surface area (Å²) in [6.07, 6.45) is 0. The minimum Gasteiger partial charge on any atom is -0.352 e. The summed E-state index contributed by atoms with van der Waals surface area (Å²) in [6.45, 7) is 0. The quantitative estimate of drug-likeness (QED) is 0.577. The number of carbonyl (C=O) groups excluding carboxylic acids is 1. The van der Waals surface area contributed by atoms with Crippen LogP contribution in [0, 0.1) is 0 Å². The van der Waals surface area contributed by atoms with Crippen LogP contribution < -0.4 is 11.5 Å². The molecule has 0 saturated heterocycles. The molecule has 11 heavy (non-hydrogen) atoms. The van der Waals surface area contributed by atoms with Gasteiger partial charge in [-0.25, -0.2) is 4.79 Å². The zero-order chi connectivity index (χ0) is 7.82. The standard InChI is InChI=1S/C6H6.CH4N2O.FH/c1-2-4-6-5-3-1;2-1(3)4;/h1-6H;(H4,2,3,4);1H. The van der Waals surface area contributed by atoms with E-state index in [0.29, 0.717) is 0 Å². The van der Waals surface area contributed by atoms with Crippen molar-refractivity contribution in [3.05, 3.63) is 36.4 Å². The van der Waals surface area contributed by atoms with Gasteiger partial charge in [-0.15, -0.1) is 0 Å². The summed E-state index contributed by atoms with van der Waals surface area (Å²) >= 11 is 0. The molecule has 0 spiro atoms. The number of hydrogen-bond donors (Lipinski definition) is 2. The molecule has 0 bridgehead atoms. The van der Waals surface area contributed by atoms with Gasteiger partial charge in [0.05, 0.1) is 0 Å². The van der Waals surface area contributed by atoms with Gasteiger partial charge in [-0.3, -0.25) is 4.70 Å². The highest BCUT2D eigenvalue weighted by molar-refractivity contribution is 5.69. The van der Waals surface area contributed by atoms with Crippen LogP contribution >= 0.6 is 0 Å². The fourth-order valence-electron chi connectivity index (χ4n) is 0.385. The molecule has 0 radical (unpaired) electrons. The van der Waals surface area contributed by atoms with Gasteiger partial charge in [0, 0.05) is 0 Å². The van der Waals surface area contributed by atoms with E-state index < -0.39 is 6.03 Å². The smallest absolute Gasteiger partial charge is 0.309 e. The van der Waals surface area contributed by atoms with Crippen LogP contribution in [-0.2, 0) is 0 Å². The van der Waals surface area contributed by atoms with Gasteiger partial charge in [0.2, 0.25) is 0 Å². The highest BCUT2D eigenvalue weighted by atomic mass is 19.0. The predicted molar refractivity (Wildman–Crippen MR) is 42.7 cm³/mol. The number of urea groups is 1. The third-order valence-electron chi connectivity index (χ3n) is 0.667. The number of rotatable bonds is 0. The van der Waals surface area contributed by atoms with Crippen molar-refractivity contribution in [1.29, 1.82) is 0 Å². The van der Waals surface area contributed by atoms with Gasteiger partial charge in [-0.2, -0.15) is 0 Å². The van der Waals surface area contributed by atoms with E-state index in [1.54, 1.807) is 0 Å². The van der Waals surface area contributed by atoms with Crippen molar-refractivity contribution >= 4 is 6.03 Å². The van der Waals surface area contributed by atoms with E-state index in [-0.39, 0.29) is 4.70 Å². The molecule has 4 heteroatoms. The Morgan fingerprint density at radius 3 is 1.00 bits per heavy atom. The predicted octanol–water partition coefficient (Wildman–Crippen LogP) is 0.863. The first-order valence-electron chi connectivity index (χ1n) is 2.78. The molecule has 1 aromatic rings. The van der Waals surface area contributed by atoms with Gasteiger partial charge in [-0.1, -0.05) is 36.4 Å². The fourth-order valence-corrected chi connectivity index (χ4v) is 0.385. The van der Waals surface area contributed by atoms with Gasteiger partial charge in [-0.05, 0) is 0 Å². The maximum atomic E-state index is 9.00. The van der Waals surface area contributed by atoms with Gasteiger partial charge in [0.1, 0.15) is 0 Å². The summed E-state index contributed by atoms with van der Waals surface area (Å²) in [5.74, 6) is 0. The molecule has 1 aromatic carbocycles. The second-order valence-electron chi connectivity index (χ2n) is 1.56. The van der Waals surface area contributed by atoms with Crippen molar-refractivity contribution in [3.63, 3.8) is 0 Å². The molecule has 4 N–H and O–H groups in total. The Balaban J connectivity index is 0. The van der Waals surface area contributed by atoms with E-state index in [9.17, 15) is 0 Å². The number of halogens is 1. The third-order valence-corrected chi connectivity index (χ3v) is 0.667. The van der Waals surface area contributed by atoms with Crippen LogP contribution in [0.5, 0.6) is 0 Å². The highest BCUT2D eigenvalue weighted by Crippen LogP contribution is 1.79. The second kappa shape index (κ2) is 8.42. The van der Waals surface area contributed by atoms with E-state index in [1.165, 1.54) is 0 Å². The first kappa shape index (κ1) is 12.1. The van der Waals surface area contributed by atoms with Crippen LogP contribution in [0.2, 0.25) is 0 Å². The Morgan fingerprint density at radius 1 is 0.818 bits per heavy atom. The minimum atomic E-state index is -0.833. The van der Waals surface area contributed by atoms with Gasteiger partial charge in [0.15, 0.2) is 0 Å². The molecule has 0 atom stereocenters. The maximum Gasteiger partial charge on any atom is 0.309 e. The maximum absolute atomic E-state index is 9.00. The molecule has 1 rings (SSSR count). The summed E-state index contributed by atoms with van der Waals surface area (Å²) in [6, 6.07) is 11.2. The summed E-state index contributed by atoms with van der Waals surface area (Å²) in [7, 11) is 0. The van der Waals surface area contributed by atoms with E-state index in [2.05, 4.69) is 11.5 Å². The summed E-state index contributed by atoms with van der Waals surface area (Å²) in [4.78, 5) is 9.00. The molecule has 0 aromatic heterocycles. The lowest BCUT2D eigenvalue weighted by Crippen LogP contribution is -2.18. The molecule has 0 unspecified atom stereocenters. The van der Waals surface area contributed by atoms with Gasteiger partial charge in [0.25, 0.3) is 0 Å². The third kappa shape index (κ3) is 17.8. The number of amides is 2. The Labute approximate surface area is 64.4 Å². The molecule has 0 saturated carbocycles. The van der Waals surface area contributed by atoms with Crippen molar-refractivity contribution < 1.29 is 9.50 Å². The molecule has 62 valence electrons. The molecule has 0 heterocycles. The SMILES string of the molecule is F.NC(N)=O.c1ccccc1. The molecule has 0 aliphatic rings. The summed E-state index contributed by atoms with van der Waals surface area (Å²) < 4.78 is 0. The van der Waals surface area contributed by atoms with Gasteiger partial charge >= 0.3 is 6.03 Å². The number of nitrogens with two attached hydrogens (primary N) is 2. The molecule has 0 aliphatic carbocycles. The van der Waals surface area contributed by atoms with Crippen LogP contribution in [0.15, 0.2) is 36.4 Å². The Kier molecular flexibility index (Phi) is 9.29. The zero-order valence-corrected chi connectivity index (χ0v) is 5.94. The molecular weight excluding hydrogens is 147 g/mol. The Bertz CT molecular complexity index is 148. The summed E-state index contributed by atoms with van der Waals surface area (Å²) in [5, 5.41) is 0. The molecule has 3 nitrogen and oxygen atoms in total. The van der Waals surface area contributed by atoms with Gasteiger partial charge < -0.3 is 11.5 Å². The van der Waals surface area contributed by atoms with Crippen molar-refractivity contribution in [1.82, 2.24) is 0 Å². The second-order valence-corrected chi connectivity index (χ2v) is 1.56.